The van der Waals surface area contributed by atoms with Gasteiger partial charge in [-0.1, -0.05) is 0 Å². The fourth-order valence-electron chi connectivity index (χ4n) is 1.29. The summed E-state index contributed by atoms with van der Waals surface area (Å²) in [6.45, 7) is 0. The molecule has 86 valence electrons. The van der Waals surface area contributed by atoms with E-state index in [-0.39, 0.29) is 13.1 Å². The topological polar surface area (TPSA) is 37.3 Å². The fourth-order valence-corrected chi connectivity index (χ4v) is 7.86. The molecule has 1 N–H and O–H groups in total. The summed E-state index contributed by atoms with van der Waals surface area (Å²) in [6, 6.07) is 17.5. The van der Waals surface area contributed by atoms with E-state index in [1.165, 1.54) is 4.46 Å². The van der Waals surface area contributed by atoms with E-state index < -0.39 is 5.97 Å². The molecule has 2 aromatic carbocycles. The maximum absolute atomic E-state index is 11.1. The van der Waals surface area contributed by atoms with Gasteiger partial charge in [-0.05, 0) is 0 Å². The Bertz CT molecular complexity index is 512. The van der Waals surface area contributed by atoms with Gasteiger partial charge in [0.1, 0.15) is 0 Å². The van der Waals surface area contributed by atoms with Crippen molar-refractivity contribution >= 4 is 41.2 Å². The molecule has 0 atom stereocenters. The van der Waals surface area contributed by atoms with Crippen LogP contribution in [0.15, 0.2) is 54.6 Å². The molecule has 17 heavy (non-hydrogen) atoms. The van der Waals surface area contributed by atoms with Crippen LogP contribution in [0.2, 0.25) is 0 Å². The Morgan fingerprint density at radius 2 is 1.53 bits per heavy atom. The minimum atomic E-state index is -0.827. The Labute approximate surface area is 111 Å². The molecule has 0 aromatic heterocycles. The first-order chi connectivity index (χ1) is 8.27. The number of hydrogen-bond acceptors (Lipinski definition) is 1. The SMILES string of the molecule is O=C(O)c1ccccc1[Se][Se]c1ccccc1. The van der Waals surface area contributed by atoms with Crippen molar-refractivity contribution in [3.8, 4) is 0 Å². The molecule has 2 rings (SSSR count). The van der Waals surface area contributed by atoms with Crippen LogP contribution in [0.3, 0.4) is 0 Å². The zero-order chi connectivity index (χ0) is 12.1. The first-order valence-electron chi connectivity index (χ1n) is 4.99. The van der Waals surface area contributed by atoms with Gasteiger partial charge in [0.2, 0.25) is 0 Å². The van der Waals surface area contributed by atoms with Gasteiger partial charge in [-0.25, -0.2) is 0 Å². The van der Waals surface area contributed by atoms with Gasteiger partial charge in [-0.15, -0.1) is 0 Å². The van der Waals surface area contributed by atoms with Crippen LogP contribution in [0.25, 0.3) is 0 Å². The summed E-state index contributed by atoms with van der Waals surface area (Å²) < 4.78 is 2.30. The molecule has 0 unspecified atom stereocenters. The van der Waals surface area contributed by atoms with Crippen LogP contribution in [0.4, 0.5) is 0 Å². The number of carbonyl (C=O) groups is 1. The third-order valence-corrected chi connectivity index (χ3v) is 9.33. The standard InChI is InChI=1S/C13H10O2Se2/c14-13(15)11-8-4-5-9-12(11)17-16-10-6-2-1-3-7-10/h1-9H,(H,14,15). The molecular formula is C13H10O2Se2. The second-order valence-corrected chi connectivity index (χ2v) is 9.53. The summed E-state index contributed by atoms with van der Waals surface area (Å²) in [6.07, 6.45) is 0. The van der Waals surface area contributed by atoms with Crippen molar-refractivity contribution in [1.29, 1.82) is 0 Å². The molecule has 0 amide bonds. The molecule has 0 heterocycles. The molecule has 0 fully saturated rings. The monoisotopic (exact) mass is 358 g/mol. The van der Waals surface area contributed by atoms with E-state index in [1.54, 1.807) is 12.1 Å². The average molecular weight is 356 g/mol. The second-order valence-electron chi connectivity index (χ2n) is 3.28. The van der Waals surface area contributed by atoms with E-state index in [9.17, 15) is 4.79 Å². The van der Waals surface area contributed by atoms with Crippen molar-refractivity contribution in [3.63, 3.8) is 0 Å². The van der Waals surface area contributed by atoms with E-state index in [4.69, 9.17) is 5.11 Å². The quantitative estimate of drug-likeness (QED) is 0.818. The van der Waals surface area contributed by atoms with Gasteiger partial charge in [-0.2, -0.15) is 0 Å². The molecule has 0 aliphatic carbocycles. The Morgan fingerprint density at radius 1 is 0.882 bits per heavy atom. The Hall–Kier alpha value is -1.05. The molecule has 2 nitrogen and oxygen atoms in total. The van der Waals surface area contributed by atoms with Gasteiger partial charge in [0.05, 0.1) is 0 Å². The summed E-state index contributed by atoms with van der Waals surface area (Å²) in [5.74, 6) is -0.827. The van der Waals surface area contributed by atoms with Gasteiger partial charge < -0.3 is 0 Å². The molecule has 0 spiro atoms. The Balaban J connectivity index is 2.12. The molecule has 0 aliphatic heterocycles. The minimum absolute atomic E-state index is 0.226. The summed E-state index contributed by atoms with van der Waals surface area (Å²) >= 11 is 0.573. The van der Waals surface area contributed by atoms with E-state index in [0.717, 1.165) is 4.46 Å². The maximum atomic E-state index is 11.1. The van der Waals surface area contributed by atoms with Crippen molar-refractivity contribution in [1.82, 2.24) is 0 Å². The zero-order valence-electron chi connectivity index (χ0n) is 8.87. The predicted molar refractivity (Wildman–Crippen MR) is 70.6 cm³/mol. The van der Waals surface area contributed by atoms with Crippen LogP contribution in [0.5, 0.6) is 0 Å². The van der Waals surface area contributed by atoms with Crippen LogP contribution in [0.1, 0.15) is 10.4 Å². The van der Waals surface area contributed by atoms with E-state index in [0.29, 0.717) is 18.7 Å². The van der Waals surface area contributed by atoms with Crippen molar-refractivity contribution in [2.45, 2.75) is 0 Å². The number of carboxylic acid groups (broad SMARTS) is 1. The van der Waals surface area contributed by atoms with Crippen LogP contribution in [0, 0.1) is 0 Å². The molecule has 0 saturated carbocycles. The number of hydrogen-bond donors (Lipinski definition) is 1. The van der Waals surface area contributed by atoms with Crippen molar-refractivity contribution in [2.24, 2.45) is 0 Å². The van der Waals surface area contributed by atoms with Gasteiger partial charge in [-0.3, -0.25) is 0 Å². The Kier molecular flexibility index (Phi) is 4.41. The molecule has 0 aliphatic rings. The molecule has 0 saturated heterocycles. The molecular weight excluding hydrogens is 346 g/mol. The average Bonchev–Trinajstić information content (AvgIpc) is 2.38. The third kappa shape index (κ3) is 3.45. The van der Waals surface area contributed by atoms with Gasteiger partial charge in [0.25, 0.3) is 0 Å². The third-order valence-electron chi connectivity index (χ3n) is 2.09. The number of benzene rings is 2. The van der Waals surface area contributed by atoms with E-state index >= 15 is 0 Å². The molecule has 0 radical (unpaired) electrons. The number of carboxylic acids is 1. The molecule has 2 aromatic rings. The van der Waals surface area contributed by atoms with Crippen molar-refractivity contribution < 1.29 is 9.90 Å². The molecule has 4 heteroatoms. The van der Waals surface area contributed by atoms with Gasteiger partial charge >= 0.3 is 111 Å². The van der Waals surface area contributed by atoms with Gasteiger partial charge in [0.15, 0.2) is 0 Å². The first-order valence-corrected chi connectivity index (χ1v) is 11.0. The van der Waals surface area contributed by atoms with Crippen LogP contribution < -0.4 is 8.92 Å². The predicted octanol–water partition coefficient (Wildman–Crippen LogP) is 0.659. The van der Waals surface area contributed by atoms with E-state index in [1.807, 2.05) is 30.3 Å². The molecule has 0 bridgehead atoms. The fraction of sp³-hybridized carbons (Fsp3) is 0. The summed E-state index contributed by atoms with van der Waals surface area (Å²) in [7, 11) is 0. The summed E-state index contributed by atoms with van der Waals surface area (Å²) in [5.41, 5.74) is 0.449. The number of rotatable bonds is 4. The van der Waals surface area contributed by atoms with Crippen molar-refractivity contribution in [3.05, 3.63) is 60.2 Å². The van der Waals surface area contributed by atoms with E-state index in [2.05, 4.69) is 12.1 Å². The summed E-state index contributed by atoms with van der Waals surface area (Å²) in [5, 5.41) is 9.08. The summed E-state index contributed by atoms with van der Waals surface area (Å²) in [4.78, 5) is 11.1. The zero-order valence-corrected chi connectivity index (χ0v) is 12.3. The normalized spacial score (nSPS) is 10.1. The van der Waals surface area contributed by atoms with Crippen molar-refractivity contribution in [2.75, 3.05) is 0 Å². The second kappa shape index (κ2) is 6.04. The Morgan fingerprint density at radius 3 is 2.24 bits per heavy atom. The first kappa shape index (κ1) is 12.4. The number of aromatic carboxylic acids is 1. The van der Waals surface area contributed by atoms with Crippen LogP contribution in [-0.2, 0) is 0 Å². The van der Waals surface area contributed by atoms with Crippen LogP contribution >= 0.6 is 0 Å². The van der Waals surface area contributed by atoms with Gasteiger partial charge in [0, 0.05) is 0 Å². The van der Waals surface area contributed by atoms with Crippen LogP contribution in [-0.4, -0.2) is 37.3 Å².